The van der Waals surface area contributed by atoms with Gasteiger partial charge in [-0.15, -0.1) is 0 Å². The Morgan fingerprint density at radius 3 is 2.41 bits per heavy atom. The van der Waals surface area contributed by atoms with Gasteiger partial charge in [0.15, 0.2) is 0 Å². The number of nitrogens with one attached hydrogen (secondary N) is 1. The summed E-state index contributed by atoms with van der Waals surface area (Å²) in [5, 5.41) is 2.99. The number of ether oxygens (including phenoxy) is 2. The first-order valence-electron chi connectivity index (χ1n) is 9.30. The molecular formula is C23H30FNO4. The van der Waals surface area contributed by atoms with Gasteiger partial charge in [-0.2, -0.15) is 0 Å². The standard InChI is InChI=1S/C12H15NO3.C11H15FO/c1-9-3-4-12(13-6-10(2)15)5-11(9)7-16-8-14;1-11(2,3)9-7-8(12)5-6-10(9)13-4/h3-5,8,13H,6-7H2,1-2H3;5-7H,1-4H3. The second kappa shape index (κ2) is 11.2. The Labute approximate surface area is 172 Å². The Bertz CT molecular complexity index is 828. The highest BCUT2D eigenvalue weighted by Gasteiger charge is 2.19. The molecule has 5 nitrogen and oxygen atoms in total. The molecule has 0 heterocycles. The number of halogens is 1. The lowest BCUT2D eigenvalue weighted by Crippen LogP contribution is -2.13. The maximum absolute atomic E-state index is 13.0. The van der Waals surface area contributed by atoms with Crippen LogP contribution < -0.4 is 10.1 Å². The van der Waals surface area contributed by atoms with Crippen LogP contribution in [-0.2, 0) is 26.3 Å². The van der Waals surface area contributed by atoms with Gasteiger partial charge >= 0.3 is 0 Å². The summed E-state index contributed by atoms with van der Waals surface area (Å²) in [6.07, 6.45) is 0. The van der Waals surface area contributed by atoms with Crippen LogP contribution in [0.4, 0.5) is 10.1 Å². The van der Waals surface area contributed by atoms with Crippen molar-refractivity contribution in [3.05, 3.63) is 58.9 Å². The Kier molecular flexibility index (Phi) is 9.32. The summed E-state index contributed by atoms with van der Waals surface area (Å²) in [5.74, 6) is 0.603. The number of ketones is 1. The fourth-order valence-electron chi connectivity index (χ4n) is 2.55. The summed E-state index contributed by atoms with van der Waals surface area (Å²) < 4.78 is 22.8. The third-order valence-electron chi connectivity index (χ3n) is 4.17. The van der Waals surface area contributed by atoms with Crippen molar-refractivity contribution in [1.29, 1.82) is 0 Å². The van der Waals surface area contributed by atoms with Crippen LogP contribution in [0.5, 0.6) is 5.75 Å². The predicted octanol–water partition coefficient (Wildman–Crippen LogP) is 4.80. The molecule has 0 unspecified atom stereocenters. The smallest absolute Gasteiger partial charge is 0.293 e. The van der Waals surface area contributed by atoms with Gasteiger partial charge < -0.3 is 14.8 Å². The van der Waals surface area contributed by atoms with Crippen molar-refractivity contribution in [2.75, 3.05) is 19.0 Å². The number of hydrogen-bond acceptors (Lipinski definition) is 5. The molecule has 0 saturated carbocycles. The van der Waals surface area contributed by atoms with Gasteiger partial charge in [-0.05, 0) is 60.7 Å². The number of rotatable bonds is 7. The van der Waals surface area contributed by atoms with E-state index in [-0.39, 0.29) is 23.6 Å². The molecule has 0 atom stereocenters. The Hall–Kier alpha value is -2.89. The van der Waals surface area contributed by atoms with Crippen LogP contribution in [0.1, 0.15) is 44.4 Å². The first-order valence-corrected chi connectivity index (χ1v) is 9.30. The maximum Gasteiger partial charge on any atom is 0.293 e. The number of Topliss-reactive ketones (excluding diaryl/α,β-unsaturated/α-hetero) is 1. The molecule has 158 valence electrons. The lowest BCUT2D eigenvalue weighted by atomic mass is 9.86. The van der Waals surface area contributed by atoms with Crippen LogP contribution in [0.3, 0.4) is 0 Å². The van der Waals surface area contributed by atoms with E-state index in [1.165, 1.54) is 19.1 Å². The molecule has 29 heavy (non-hydrogen) atoms. The van der Waals surface area contributed by atoms with Crippen molar-refractivity contribution >= 4 is 17.9 Å². The Morgan fingerprint density at radius 2 is 1.86 bits per heavy atom. The highest BCUT2D eigenvalue weighted by molar-refractivity contribution is 5.80. The highest BCUT2D eigenvalue weighted by atomic mass is 19.1. The molecule has 0 bridgehead atoms. The number of aryl methyl sites for hydroxylation is 1. The predicted molar refractivity (Wildman–Crippen MR) is 113 cm³/mol. The molecule has 0 aliphatic carbocycles. The molecule has 0 amide bonds. The lowest BCUT2D eigenvalue weighted by Gasteiger charge is -2.21. The zero-order valence-electron chi connectivity index (χ0n) is 18.0. The zero-order chi connectivity index (χ0) is 22.0. The normalized spacial score (nSPS) is 10.4. The molecule has 0 radical (unpaired) electrons. The quantitative estimate of drug-likeness (QED) is 0.673. The molecule has 0 saturated heterocycles. The first-order chi connectivity index (χ1) is 13.6. The maximum atomic E-state index is 13.0. The second-order valence-electron chi connectivity index (χ2n) is 7.70. The third-order valence-corrected chi connectivity index (χ3v) is 4.17. The lowest BCUT2D eigenvalue weighted by molar-refractivity contribution is -0.129. The molecule has 0 fully saturated rings. The van der Waals surface area contributed by atoms with Crippen LogP contribution in [0.25, 0.3) is 0 Å². The van der Waals surface area contributed by atoms with Crippen molar-refractivity contribution in [3.63, 3.8) is 0 Å². The Balaban J connectivity index is 0.000000296. The number of benzene rings is 2. The summed E-state index contributed by atoms with van der Waals surface area (Å²) in [5.41, 5.74) is 3.64. The van der Waals surface area contributed by atoms with Gasteiger partial charge in [0.1, 0.15) is 24.0 Å². The first kappa shape index (κ1) is 24.1. The van der Waals surface area contributed by atoms with Crippen molar-refractivity contribution in [1.82, 2.24) is 0 Å². The summed E-state index contributed by atoms with van der Waals surface area (Å²) in [6, 6.07) is 10.3. The van der Waals surface area contributed by atoms with E-state index in [2.05, 4.69) is 5.32 Å². The van der Waals surface area contributed by atoms with Gasteiger partial charge in [0.25, 0.3) is 6.47 Å². The Morgan fingerprint density at radius 1 is 1.17 bits per heavy atom. The number of carbonyl (C=O) groups excluding carboxylic acids is 2. The van der Waals surface area contributed by atoms with Crippen molar-refractivity contribution < 1.29 is 23.5 Å². The van der Waals surface area contributed by atoms with Crippen LogP contribution in [0.2, 0.25) is 0 Å². The van der Waals surface area contributed by atoms with Gasteiger partial charge in [0, 0.05) is 11.3 Å². The minimum Gasteiger partial charge on any atom is -0.496 e. The van der Waals surface area contributed by atoms with Crippen molar-refractivity contribution in [2.24, 2.45) is 0 Å². The minimum absolute atomic E-state index is 0.0752. The van der Waals surface area contributed by atoms with E-state index in [0.29, 0.717) is 13.0 Å². The number of anilines is 1. The van der Waals surface area contributed by atoms with E-state index in [1.54, 1.807) is 13.2 Å². The van der Waals surface area contributed by atoms with Gasteiger partial charge in [0.05, 0.1) is 13.7 Å². The van der Waals surface area contributed by atoms with Crippen LogP contribution >= 0.6 is 0 Å². The number of methoxy groups -OCH3 is 1. The van der Waals surface area contributed by atoms with E-state index in [4.69, 9.17) is 9.47 Å². The highest BCUT2D eigenvalue weighted by Crippen LogP contribution is 2.31. The summed E-state index contributed by atoms with van der Waals surface area (Å²) in [6.45, 7) is 10.5. The molecule has 6 heteroatoms. The average molecular weight is 403 g/mol. The van der Waals surface area contributed by atoms with Crippen LogP contribution in [0.15, 0.2) is 36.4 Å². The monoisotopic (exact) mass is 403 g/mol. The van der Waals surface area contributed by atoms with Crippen molar-refractivity contribution in [2.45, 2.75) is 46.6 Å². The SMILES string of the molecule is CC(=O)CNc1ccc(C)c(COC=O)c1.COc1ccc(F)cc1C(C)(C)C. The number of carbonyl (C=O) groups is 2. The van der Waals surface area contributed by atoms with Gasteiger partial charge in [0.2, 0.25) is 0 Å². The summed E-state index contributed by atoms with van der Waals surface area (Å²) in [4.78, 5) is 20.9. The molecular weight excluding hydrogens is 373 g/mol. The van der Waals surface area contributed by atoms with Gasteiger partial charge in [-0.25, -0.2) is 4.39 Å². The van der Waals surface area contributed by atoms with E-state index in [9.17, 15) is 14.0 Å². The molecule has 0 aromatic heterocycles. The van der Waals surface area contributed by atoms with Crippen LogP contribution in [-0.4, -0.2) is 25.9 Å². The average Bonchev–Trinajstić information content (AvgIpc) is 2.66. The molecule has 2 aromatic carbocycles. The van der Waals surface area contributed by atoms with E-state index >= 15 is 0 Å². The summed E-state index contributed by atoms with van der Waals surface area (Å²) in [7, 11) is 1.60. The topological polar surface area (TPSA) is 64.6 Å². The van der Waals surface area contributed by atoms with Gasteiger partial charge in [-0.1, -0.05) is 26.8 Å². The van der Waals surface area contributed by atoms with E-state index in [0.717, 1.165) is 28.1 Å². The molecule has 2 rings (SSSR count). The van der Waals surface area contributed by atoms with Crippen LogP contribution in [0, 0.1) is 12.7 Å². The molecule has 2 aromatic rings. The molecule has 0 aliphatic rings. The largest absolute Gasteiger partial charge is 0.496 e. The summed E-state index contributed by atoms with van der Waals surface area (Å²) >= 11 is 0. The minimum atomic E-state index is -0.217. The zero-order valence-corrected chi connectivity index (χ0v) is 18.0. The molecule has 1 N–H and O–H groups in total. The molecule has 0 aliphatic heterocycles. The second-order valence-corrected chi connectivity index (χ2v) is 7.70. The number of hydrogen-bond donors (Lipinski definition) is 1. The fraction of sp³-hybridized carbons (Fsp3) is 0.391. The van der Waals surface area contributed by atoms with Crippen molar-refractivity contribution in [3.8, 4) is 5.75 Å². The van der Waals surface area contributed by atoms with Gasteiger partial charge in [-0.3, -0.25) is 9.59 Å². The third kappa shape index (κ3) is 8.34. The fourth-order valence-corrected chi connectivity index (χ4v) is 2.55. The van der Waals surface area contributed by atoms with E-state index < -0.39 is 0 Å². The molecule has 0 spiro atoms. The van der Waals surface area contributed by atoms with E-state index in [1.807, 2.05) is 45.9 Å².